The molecule has 0 spiro atoms. The summed E-state index contributed by atoms with van der Waals surface area (Å²) < 4.78 is 20.2. The van der Waals surface area contributed by atoms with E-state index in [-0.39, 0.29) is 49.2 Å². The fourth-order valence-electron chi connectivity index (χ4n) is 3.59. The second-order valence-corrected chi connectivity index (χ2v) is 8.69. The molecule has 1 atom stereocenters. The number of rotatable bonds is 8. The highest BCUT2D eigenvalue weighted by molar-refractivity contribution is 14.1. The lowest BCUT2D eigenvalue weighted by Gasteiger charge is -2.28. The van der Waals surface area contributed by atoms with E-state index in [0.29, 0.717) is 29.7 Å². The molecule has 4 rings (SSSR count). The third-order valence-corrected chi connectivity index (χ3v) is 6.00. The number of carbonyl (C=O) groups is 1. The van der Waals surface area contributed by atoms with Gasteiger partial charge in [0.15, 0.2) is 5.75 Å². The van der Waals surface area contributed by atoms with Crippen molar-refractivity contribution in [2.24, 2.45) is 0 Å². The van der Waals surface area contributed by atoms with Crippen LogP contribution in [-0.2, 0) is 0 Å². The first-order valence-electron chi connectivity index (χ1n) is 10.6. The highest BCUT2D eigenvalue weighted by atomic mass is 127. The van der Waals surface area contributed by atoms with Gasteiger partial charge < -0.3 is 10.1 Å². The van der Waals surface area contributed by atoms with Crippen molar-refractivity contribution in [3.8, 4) is 5.75 Å². The number of aromatic nitrogens is 3. The lowest BCUT2D eigenvalue weighted by molar-refractivity contribution is 0.0852. The molecule has 11 heteroatoms. The number of halogens is 4. The number of ether oxygens (including phenoxy) is 1. The van der Waals surface area contributed by atoms with Crippen LogP contribution in [0.2, 0.25) is 0 Å². The van der Waals surface area contributed by atoms with Crippen LogP contribution >= 0.6 is 47.4 Å². The highest BCUT2D eigenvalue weighted by Crippen LogP contribution is 2.21. The summed E-state index contributed by atoms with van der Waals surface area (Å²) in [6.07, 6.45) is 1.11. The SMILES string of the molecule is CCN(CCOc1cccnc1F)C(C)NC(=O)c1cccc2nc3cc(I)ccc3nc12.Cl.Cl. The van der Waals surface area contributed by atoms with Crippen molar-refractivity contribution in [3.05, 3.63) is 69.8 Å². The van der Waals surface area contributed by atoms with Gasteiger partial charge in [-0.25, -0.2) is 15.0 Å². The second-order valence-electron chi connectivity index (χ2n) is 7.45. The Bertz CT molecular complexity index is 1310. The first-order valence-corrected chi connectivity index (χ1v) is 11.7. The summed E-state index contributed by atoms with van der Waals surface area (Å²) in [6.45, 7) is 5.34. The molecule has 4 aromatic rings. The zero-order valence-electron chi connectivity index (χ0n) is 19.1. The van der Waals surface area contributed by atoms with E-state index in [4.69, 9.17) is 9.72 Å². The van der Waals surface area contributed by atoms with Crippen molar-refractivity contribution >= 4 is 75.4 Å². The summed E-state index contributed by atoms with van der Waals surface area (Å²) in [5, 5.41) is 3.03. The summed E-state index contributed by atoms with van der Waals surface area (Å²) >= 11 is 2.24. The number of fused-ring (bicyclic) bond motifs is 2. The molecule has 0 aliphatic heterocycles. The number of pyridine rings is 1. The van der Waals surface area contributed by atoms with Crippen LogP contribution in [0.4, 0.5) is 4.39 Å². The van der Waals surface area contributed by atoms with Gasteiger partial charge in [-0.05, 0) is 78.5 Å². The van der Waals surface area contributed by atoms with Crippen molar-refractivity contribution in [1.82, 2.24) is 25.2 Å². The Morgan fingerprint density at radius 1 is 1.11 bits per heavy atom. The van der Waals surface area contributed by atoms with Crippen LogP contribution in [0.15, 0.2) is 54.7 Å². The molecule has 2 aromatic carbocycles. The van der Waals surface area contributed by atoms with Gasteiger partial charge in [0.2, 0.25) is 0 Å². The largest absolute Gasteiger partial charge is 0.487 e. The van der Waals surface area contributed by atoms with E-state index >= 15 is 0 Å². The number of likely N-dealkylation sites (N-methyl/N-ethyl adjacent to an activating group) is 1. The second kappa shape index (κ2) is 13.1. The predicted octanol–water partition coefficient (Wildman–Crippen LogP) is 5.24. The third-order valence-electron chi connectivity index (χ3n) is 5.32. The fourth-order valence-corrected chi connectivity index (χ4v) is 4.06. The number of para-hydroxylation sites is 1. The minimum Gasteiger partial charge on any atom is -0.487 e. The van der Waals surface area contributed by atoms with Gasteiger partial charge in [-0.3, -0.25) is 9.69 Å². The molecule has 1 unspecified atom stereocenters. The molecule has 0 fully saturated rings. The lowest BCUT2D eigenvalue weighted by Crippen LogP contribution is -2.47. The van der Waals surface area contributed by atoms with Gasteiger partial charge in [0.1, 0.15) is 12.1 Å². The Morgan fingerprint density at radius 2 is 1.91 bits per heavy atom. The van der Waals surface area contributed by atoms with Gasteiger partial charge in [-0.15, -0.1) is 24.8 Å². The normalized spacial score (nSPS) is 11.6. The Balaban J connectivity index is 0.00000216. The maximum Gasteiger partial charge on any atom is 0.255 e. The molecule has 2 heterocycles. The number of hydrogen-bond donors (Lipinski definition) is 1. The van der Waals surface area contributed by atoms with Crippen LogP contribution in [-0.4, -0.2) is 51.6 Å². The molecule has 0 aliphatic rings. The molecule has 0 bridgehead atoms. The average Bonchev–Trinajstić information content (AvgIpc) is 2.81. The quantitative estimate of drug-likeness (QED) is 0.124. The van der Waals surface area contributed by atoms with Gasteiger partial charge in [-0.2, -0.15) is 4.39 Å². The first-order chi connectivity index (χ1) is 16.0. The van der Waals surface area contributed by atoms with Gasteiger partial charge in [-0.1, -0.05) is 13.0 Å². The number of benzene rings is 2. The zero-order chi connectivity index (χ0) is 23.4. The van der Waals surface area contributed by atoms with Crippen LogP contribution in [0.5, 0.6) is 5.75 Å². The van der Waals surface area contributed by atoms with Crippen molar-refractivity contribution in [2.45, 2.75) is 20.0 Å². The fraction of sp³-hybridized carbons (Fsp3) is 0.250. The molecular weight excluding hydrogens is 607 g/mol. The van der Waals surface area contributed by atoms with Crippen LogP contribution in [0.1, 0.15) is 24.2 Å². The van der Waals surface area contributed by atoms with E-state index < -0.39 is 5.95 Å². The van der Waals surface area contributed by atoms with Crippen molar-refractivity contribution < 1.29 is 13.9 Å². The molecule has 1 amide bonds. The standard InChI is InChI=1S/C24H23FIN5O2.2ClH/c1-3-31(12-13-33-21-8-5-11-27-23(21)25)15(2)28-24(32)17-6-4-7-19-22(17)30-18-10-9-16(26)14-20(18)29-19;;/h4-11,14-15H,3,12-13H2,1-2H3,(H,28,32);2*1H. The molecule has 35 heavy (non-hydrogen) atoms. The molecule has 0 radical (unpaired) electrons. The first kappa shape index (κ1) is 28.9. The van der Waals surface area contributed by atoms with Crippen LogP contribution < -0.4 is 10.1 Å². The number of carbonyl (C=O) groups excluding carboxylic acids is 1. The maximum atomic E-state index is 13.6. The molecule has 7 nitrogen and oxygen atoms in total. The molecule has 0 aliphatic carbocycles. The minimum absolute atomic E-state index is 0. The summed E-state index contributed by atoms with van der Waals surface area (Å²) in [4.78, 5) is 28.1. The van der Waals surface area contributed by atoms with E-state index in [2.05, 4.69) is 37.9 Å². The number of amides is 1. The monoisotopic (exact) mass is 631 g/mol. The number of nitrogens with zero attached hydrogens (tertiary/aromatic N) is 4. The van der Waals surface area contributed by atoms with Crippen LogP contribution in [0.3, 0.4) is 0 Å². The van der Waals surface area contributed by atoms with E-state index in [1.165, 1.54) is 12.3 Å². The van der Waals surface area contributed by atoms with E-state index in [0.717, 1.165) is 14.6 Å². The summed E-state index contributed by atoms with van der Waals surface area (Å²) in [7, 11) is 0. The van der Waals surface area contributed by atoms with Gasteiger partial charge in [0.05, 0.1) is 28.3 Å². The van der Waals surface area contributed by atoms with Crippen molar-refractivity contribution in [2.75, 3.05) is 19.7 Å². The molecule has 0 saturated carbocycles. The van der Waals surface area contributed by atoms with Crippen LogP contribution in [0.25, 0.3) is 22.1 Å². The number of nitrogens with one attached hydrogen (secondary N) is 1. The summed E-state index contributed by atoms with van der Waals surface area (Å²) in [6, 6.07) is 14.4. The van der Waals surface area contributed by atoms with Gasteiger partial charge >= 0.3 is 0 Å². The molecule has 1 N–H and O–H groups in total. The van der Waals surface area contributed by atoms with E-state index in [1.54, 1.807) is 12.1 Å². The van der Waals surface area contributed by atoms with Crippen LogP contribution in [0, 0.1) is 9.52 Å². The predicted molar refractivity (Wildman–Crippen MR) is 148 cm³/mol. The van der Waals surface area contributed by atoms with Crippen molar-refractivity contribution in [1.29, 1.82) is 0 Å². The Labute approximate surface area is 228 Å². The molecule has 186 valence electrons. The number of hydrogen-bond acceptors (Lipinski definition) is 6. The van der Waals surface area contributed by atoms with Crippen molar-refractivity contribution in [3.63, 3.8) is 0 Å². The molecular formula is C24H25Cl2FIN5O2. The Morgan fingerprint density at radius 3 is 2.66 bits per heavy atom. The summed E-state index contributed by atoms with van der Waals surface area (Å²) in [5.41, 5.74) is 3.24. The smallest absolute Gasteiger partial charge is 0.255 e. The molecule has 0 saturated heterocycles. The average molecular weight is 632 g/mol. The van der Waals surface area contributed by atoms with Gasteiger partial charge in [0.25, 0.3) is 11.9 Å². The molecule has 2 aromatic heterocycles. The topological polar surface area (TPSA) is 80.2 Å². The zero-order valence-corrected chi connectivity index (χ0v) is 22.9. The Kier molecular flexibility index (Phi) is 10.8. The third kappa shape index (κ3) is 6.87. The Hall–Kier alpha value is -2.34. The van der Waals surface area contributed by atoms with E-state index in [1.807, 2.05) is 49.1 Å². The highest BCUT2D eigenvalue weighted by Gasteiger charge is 2.19. The van der Waals surface area contributed by atoms with E-state index in [9.17, 15) is 9.18 Å². The van der Waals surface area contributed by atoms with Gasteiger partial charge in [0, 0.05) is 16.3 Å². The summed E-state index contributed by atoms with van der Waals surface area (Å²) in [5.74, 6) is -0.757. The lowest BCUT2D eigenvalue weighted by atomic mass is 10.1. The minimum atomic E-state index is -0.638. The maximum absolute atomic E-state index is 13.6.